The van der Waals surface area contributed by atoms with Gasteiger partial charge < -0.3 is 10.1 Å². The summed E-state index contributed by atoms with van der Waals surface area (Å²) in [6.45, 7) is 3.68. The lowest BCUT2D eigenvalue weighted by molar-refractivity contribution is -0.133. The van der Waals surface area contributed by atoms with Crippen LogP contribution < -0.4 is 5.32 Å². The van der Waals surface area contributed by atoms with Crippen LogP contribution in [0.5, 0.6) is 0 Å². The molecule has 2 aliphatic rings. The Bertz CT molecular complexity index is 875. The van der Waals surface area contributed by atoms with E-state index in [9.17, 15) is 4.79 Å². The molecule has 1 aromatic heterocycles. The number of fused-ring (bicyclic) bond motifs is 2. The summed E-state index contributed by atoms with van der Waals surface area (Å²) in [4.78, 5) is 19.6. The monoisotopic (exact) mass is 369 g/mol. The highest BCUT2D eigenvalue weighted by atomic mass is 35.5. The van der Waals surface area contributed by atoms with Crippen LogP contribution in [0.1, 0.15) is 28.4 Å². The van der Waals surface area contributed by atoms with Crippen molar-refractivity contribution in [3.63, 3.8) is 0 Å². The van der Waals surface area contributed by atoms with Crippen molar-refractivity contribution in [2.45, 2.75) is 6.04 Å². The molecule has 0 bridgehead atoms. The third-order valence-electron chi connectivity index (χ3n) is 4.95. The topological polar surface area (TPSA) is 54.5 Å². The van der Waals surface area contributed by atoms with Gasteiger partial charge in [-0.25, -0.2) is 4.79 Å². The first-order valence-electron chi connectivity index (χ1n) is 8.68. The Morgan fingerprint density at radius 2 is 2.12 bits per heavy atom. The molecule has 0 spiro atoms. The molecule has 1 N–H and O–H groups in total. The Balaban J connectivity index is 1.96. The molecule has 1 fully saturated rings. The van der Waals surface area contributed by atoms with Crippen LogP contribution in [0.25, 0.3) is 11.6 Å². The number of piperazine rings is 1. The molecule has 1 saturated heterocycles. The first-order valence-corrected chi connectivity index (χ1v) is 9.06. The number of halogens is 1. The highest BCUT2D eigenvalue weighted by molar-refractivity contribution is 6.31. The summed E-state index contributed by atoms with van der Waals surface area (Å²) in [5, 5.41) is 4.03. The molecular weight excluding hydrogens is 350 g/mol. The van der Waals surface area contributed by atoms with Crippen molar-refractivity contribution in [2.75, 3.05) is 33.3 Å². The van der Waals surface area contributed by atoms with E-state index in [0.717, 1.165) is 48.6 Å². The molecular formula is C20H20ClN3O2. The Morgan fingerprint density at radius 3 is 2.88 bits per heavy atom. The van der Waals surface area contributed by atoms with Crippen LogP contribution in [0.3, 0.4) is 0 Å². The number of rotatable bonds is 2. The second kappa shape index (κ2) is 7.19. The van der Waals surface area contributed by atoms with Crippen LogP contribution in [0, 0.1) is 0 Å². The summed E-state index contributed by atoms with van der Waals surface area (Å²) in [7, 11) is 1.40. The molecule has 1 aromatic carbocycles. The smallest absolute Gasteiger partial charge is 0.338 e. The minimum absolute atomic E-state index is 0.0287. The van der Waals surface area contributed by atoms with E-state index in [2.05, 4.69) is 15.2 Å². The highest BCUT2D eigenvalue weighted by Gasteiger charge is 2.33. The molecule has 0 radical (unpaired) electrons. The van der Waals surface area contributed by atoms with E-state index in [1.54, 1.807) is 6.20 Å². The quantitative estimate of drug-likeness (QED) is 0.825. The lowest BCUT2D eigenvalue weighted by Crippen LogP contribution is -2.45. The van der Waals surface area contributed by atoms with E-state index < -0.39 is 0 Å². The number of ether oxygens (including phenoxy) is 1. The zero-order valence-electron chi connectivity index (χ0n) is 14.5. The predicted molar refractivity (Wildman–Crippen MR) is 102 cm³/mol. The zero-order valence-corrected chi connectivity index (χ0v) is 15.3. The Hall–Kier alpha value is -2.21. The maximum atomic E-state index is 12.5. The first kappa shape index (κ1) is 17.2. The van der Waals surface area contributed by atoms with Gasteiger partial charge in [-0.05, 0) is 35.4 Å². The maximum Gasteiger partial charge on any atom is 0.338 e. The first-order chi connectivity index (χ1) is 12.7. The molecule has 1 aliphatic carbocycles. The van der Waals surface area contributed by atoms with E-state index in [1.807, 2.05) is 36.4 Å². The van der Waals surface area contributed by atoms with Crippen LogP contribution in [-0.4, -0.2) is 49.1 Å². The van der Waals surface area contributed by atoms with Crippen LogP contribution >= 0.6 is 11.6 Å². The number of benzene rings is 1. The fraction of sp³-hybridized carbons (Fsp3) is 0.300. The van der Waals surface area contributed by atoms with Crippen molar-refractivity contribution in [2.24, 2.45) is 0 Å². The lowest BCUT2D eigenvalue weighted by atomic mass is 9.95. The van der Waals surface area contributed by atoms with Crippen molar-refractivity contribution in [1.29, 1.82) is 0 Å². The second-order valence-corrected chi connectivity index (χ2v) is 6.88. The van der Waals surface area contributed by atoms with Crippen molar-refractivity contribution in [1.82, 2.24) is 15.2 Å². The van der Waals surface area contributed by atoms with Gasteiger partial charge >= 0.3 is 5.97 Å². The summed E-state index contributed by atoms with van der Waals surface area (Å²) < 4.78 is 5.04. The third kappa shape index (κ3) is 3.03. The third-order valence-corrected chi connectivity index (χ3v) is 5.19. The number of hydrogen-bond acceptors (Lipinski definition) is 5. The molecule has 1 unspecified atom stereocenters. The van der Waals surface area contributed by atoms with Gasteiger partial charge in [-0.1, -0.05) is 23.7 Å². The van der Waals surface area contributed by atoms with Gasteiger partial charge in [0.05, 0.1) is 24.4 Å². The maximum absolute atomic E-state index is 12.5. The Kier molecular flexibility index (Phi) is 4.76. The van der Waals surface area contributed by atoms with Crippen molar-refractivity contribution in [3.8, 4) is 0 Å². The molecule has 5 nitrogen and oxygen atoms in total. The summed E-state index contributed by atoms with van der Waals surface area (Å²) >= 11 is 6.25. The van der Waals surface area contributed by atoms with Crippen LogP contribution in [0.2, 0.25) is 5.02 Å². The Morgan fingerprint density at radius 1 is 1.31 bits per heavy atom. The van der Waals surface area contributed by atoms with Gasteiger partial charge in [-0.3, -0.25) is 9.88 Å². The van der Waals surface area contributed by atoms with E-state index >= 15 is 0 Å². The summed E-state index contributed by atoms with van der Waals surface area (Å²) in [5.41, 5.74) is 4.24. The number of carbonyl (C=O) groups is 1. The van der Waals surface area contributed by atoms with Crippen molar-refractivity contribution in [3.05, 3.63) is 63.9 Å². The van der Waals surface area contributed by atoms with Gasteiger partial charge in [0.2, 0.25) is 0 Å². The minimum atomic E-state index is -0.369. The minimum Gasteiger partial charge on any atom is -0.465 e. The normalized spacial score (nSPS) is 19.8. The number of nitrogens with one attached hydrogen (secondary N) is 1. The van der Waals surface area contributed by atoms with Crippen LogP contribution in [0.15, 0.2) is 36.5 Å². The van der Waals surface area contributed by atoms with Gasteiger partial charge in [-0.2, -0.15) is 0 Å². The fourth-order valence-electron chi connectivity index (χ4n) is 3.75. The van der Waals surface area contributed by atoms with Gasteiger partial charge in [0, 0.05) is 43.0 Å². The number of methoxy groups -OCH3 is 1. The molecule has 1 aliphatic heterocycles. The number of hydrogen-bond donors (Lipinski definition) is 1. The fourth-order valence-corrected chi connectivity index (χ4v) is 3.93. The molecule has 0 saturated carbocycles. The van der Waals surface area contributed by atoms with E-state index in [4.69, 9.17) is 16.3 Å². The summed E-state index contributed by atoms with van der Waals surface area (Å²) in [5.74, 6) is -0.369. The van der Waals surface area contributed by atoms with Gasteiger partial charge in [0.15, 0.2) is 0 Å². The number of nitrogens with zero attached hydrogens (tertiary/aromatic N) is 2. The molecule has 134 valence electrons. The average Bonchev–Trinajstić information content (AvgIpc) is 2.82. The summed E-state index contributed by atoms with van der Waals surface area (Å²) in [6, 6.07) is 9.61. The second-order valence-electron chi connectivity index (χ2n) is 6.45. The predicted octanol–water partition coefficient (Wildman–Crippen LogP) is 2.76. The number of esters is 1. The molecule has 2 heterocycles. The lowest BCUT2D eigenvalue weighted by Gasteiger charge is -2.35. The molecule has 2 aromatic rings. The Labute approximate surface area is 157 Å². The highest BCUT2D eigenvalue weighted by Crippen LogP contribution is 2.40. The number of aromatic nitrogens is 1. The largest absolute Gasteiger partial charge is 0.465 e. The number of carbonyl (C=O) groups excluding carboxylic acids is 1. The number of pyridine rings is 1. The molecule has 1 atom stereocenters. The standard InChI is InChI=1S/C20H20ClN3O2/c1-26-20(25)17-12-13-11-14(21)4-5-15(13)19(24-9-7-22-8-10-24)18-16(17)3-2-6-23-18/h2-6,11-12,19,22H,7-10H2,1H3. The van der Waals surface area contributed by atoms with Crippen molar-refractivity contribution >= 4 is 29.2 Å². The zero-order chi connectivity index (χ0) is 18.1. The van der Waals surface area contributed by atoms with E-state index in [1.165, 1.54) is 7.11 Å². The van der Waals surface area contributed by atoms with Crippen LogP contribution in [0.4, 0.5) is 0 Å². The average molecular weight is 370 g/mol. The summed E-state index contributed by atoms with van der Waals surface area (Å²) in [6.07, 6.45) is 3.65. The molecule has 0 amide bonds. The van der Waals surface area contributed by atoms with E-state index in [-0.39, 0.29) is 12.0 Å². The van der Waals surface area contributed by atoms with E-state index in [0.29, 0.717) is 10.6 Å². The SMILES string of the molecule is COC(=O)C1=Cc2cc(Cl)ccc2C(N2CCNCC2)c2ncccc21. The van der Waals surface area contributed by atoms with Gasteiger partial charge in [0.25, 0.3) is 0 Å². The van der Waals surface area contributed by atoms with Gasteiger partial charge in [0.1, 0.15) is 0 Å². The van der Waals surface area contributed by atoms with Crippen LogP contribution in [-0.2, 0) is 9.53 Å². The van der Waals surface area contributed by atoms with Gasteiger partial charge in [-0.15, -0.1) is 0 Å². The molecule has 6 heteroatoms. The van der Waals surface area contributed by atoms with Crippen molar-refractivity contribution < 1.29 is 9.53 Å². The molecule has 4 rings (SSSR count). The molecule has 26 heavy (non-hydrogen) atoms.